The molecular weight excluding hydrogens is 288 g/mol. The van der Waals surface area contributed by atoms with Crippen LogP contribution in [0.15, 0.2) is 30.3 Å². The Bertz CT molecular complexity index is 493. The Morgan fingerprint density at radius 1 is 1.04 bits per heavy atom. The Morgan fingerprint density at radius 3 is 2.26 bits per heavy atom. The number of esters is 1. The number of benzene rings is 1. The maximum atomic E-state index is 12.6. The quantitative estimate of drug-likeness (QED) is 0.756. The molecule has 126 valence electrons. The van der Waals surface area contributed by atoms with Crippen molar-refractivity contribution in [3.8, 4) is 0 Å². The summed E-state index contributed by atoms with van der Waals surface area (Å²) in [6.07, 6.45) is 4.93. The summed E-state index contributed by atoms with van der Waals surface area (Å²) in [5, 5.41) is 0. The normalized spacial score (nSPS) is 22.1. The summed E-state index contributed by atoms with van der Waals surface area (Å²) in [5.41, 5.74) is 1.24. The largest absolute Gasteiger partial charge is 0.469 e. The van der Waals surface area contributed by atoms with Gasteiger partial charge in [0.1, 0.15) is 0 Å². The van der Waals surface area contributed by atoms with E-state index in [4.69, 9.17) is 4.74 Å². The number of ether oxygens (including phenoxy) is 1. The van der Waals surface area contributed by atoms with E-state index >= 15 is 0 Å². The lowest BCUT2D eigenvalue weighted by Crippen LogP contribution is -2.42. The van der Waals surface area contributed by atoms with Gasteiger partial charge in [-0.3, -0.25) is 9.69 Å². The third-order valence-corrected chi connectivity index (χ3v) is 5.21. The maximum absolute atomic E-state index is 12.6. The van der Waals surface area contributed by atoms with Gasteiger partial charge in [-0.25, -0.2) is 0 Å². The van der Waals surface area contributed by atoms with Crippen molar-refractivity contribution in [2.24, 2.45) is 5.92 Å². The fourth-order valence-electron chi connectivity index (χ4n) is 4.07. The lowest BCUT2D eigenvalue weighted by Gasteiger charge is -2.35. The van der Waals surface area contributed by atoms with E-state index in [2.05, 4.69) is 34.1 Å². The highest BCUT2D eigenvalue weighted by Crippen LogP contribution is 2.33. The van der Waals surface area contributed by atoms with Crippen molar-refractivity contribution >= 4 is 5.97 Å². The van der Waals surface area contributed by atoms with Crippen LogP contribution in [0, 0.1) is 5.92 Å². The first-order valence-electron chi connectivity index (χ1n) is 8.89. The Hall–Kier alpha value is -1.39. The average molecular weight is 316 g/mol. The Kier molecular flexibility index (Phi) is 5.68. The van der Waals surface area contributed by atoms with E-state index in [0.717, 1.165) is 32.7 Å². The highest BCUT2D eigenvalue weighted by Gasteiger charge is 2.37. The van der Waals surface area contributed by atoms with Crippen LogP contribution in [0.1, 0.15) is 37.3 Å². The number of hydrogen-bond acceptors (Lipinski definition) is 4. The molecule has 2 fully saturated rings. The van der Waals surface area contributed by atoms with Crippen LogP contribution in [0.4, 0.5) is 0 Å². The van der Waals surface area contributed by atoms with Crippen molar-refractivity contribution in [3.63, 3.8) is 0 Å². The van der Waals surface area contributed by atoms with Crippen LogP contribution in [0.5, 0.6) is 0 Å². The molecule has 4 nitrogen and oxygen atoms in total. The summed E-state index contributed by atoms with van der Waals surface area (Å²) in [7, 11) is 1.52. The Morgan fingerprint density at radius 2 is 1.65 bits per heavy atom. The van der Waals surface area contributed by atoms with Crippen LogP contribution in [-0.2, 0) is 9.53 Å². The maximum Gasteiger partial charge on any atom is 0.311 e. The van der Waals surface area contributed by atoms with Crippen molar-refractivity contribution in [2.75, 3.05) is 39.8 Å². The van der Waals surface area contributed by atoms with Crippen molar-refractivity contribution in [3.05, 3.63) is 35.9 Å². The molecule has 2 heterocycles. The Labute approximate surface area is 139 Å². The van der Waals surface area contributed by atoms with E-state index in [1.807, 2.05) is 6.07 Å². The molecule has 23 heavy (non-hydrogen) atoms. The number of likely N-dealkylation sites (tertiary alicyclic amines) is 2. The molecule has 2 aliphatic heterocycles. The molecule has 0 N–H and O–H groups in total. The van der Waals surface area contributed by atoms with Crippen molar-refractivity contribution in [2.45, 2.75) is 31.7 Å². The van der Waals surface area contributed by atoms with Crippen LogP contribution < -0.4 is 0 Å². The van der Waals surface area contributed by atoms with Crippen molar-refractivity contribution in [1.82, 2.24) is 9.80 Å². The van der Waals surface area contributed by atoms with Crippen molar-refractivity contribution < 1.29 is 9.53 Å². The van der Waals surface area contributed by atoms with Gasteiger partial charge in [-0.2, -0.15) is 0 Å². The van der Waals surface area contributed by atoms with Gasteiger partial charge in [-0.15, -0.1) is 0 Å². The molecule has 0 saturated carbocycles. The van der Waals surface area contributed by atoms with E-state index in [0.29, 0.717) is 0 Å². The van der Waals surface area contributed by atoms with Gasteiger partial charge < -0.3 is 9.64 Å². The van der Waals surface area contributed by atoms with Gasteiger partial charge in [0.05, 0.1) is 13.0 Å². The topological polar surface area (TPSA) is 32.8 Å². The first kappa shape index (κ1) is 16.5. The van der Waals surface area contributed by atoms with Gasteiger partial charge in [0, 0.05) is 12.6 Å². The zero-order valence-corrected chi connectivity index (χ0v) is 14.1. The summed E-state index contributed by atoms with van der Waals surface area (Å²) in [6, 6.07) is 10.6. The number of rotatable bonds is 6. The first-order valence-corrected chi connectivity index (χ1v) is 8.89. The molecule has 0 radical (unpaired) electrons. The molecule has 2 atom stereocenters. The summed E-state index contributed by atoms with van der Waals surface area (Å²) in [4.78, 5) is 17.5. The molecular formula is C19H28N2O2. The van der Waals surface area contributed by atoms with Gasteiger partial charge in [0.15, 0.2) is 0 Å². The summed E-state index contributed by atoms with van der Waals surface area (Å²) in [5.74, 6) is -0.184. The van der Waals surface area contributed by atoms with Gasteiger partial charge >= 0.3 is 5.97 Å². The van der Waals surface area contributed by atoms with Crippen LogP contribution in [0.3, 0.4) is 0 Å². The number of carbonyl (C=O) groups excluding carboxylic acids is 1. The molecule has 4 heteroatoms. The Balaban J connectivity index is 1.87. The molecule has 0 unspecified atom stereocenters. The summed E-state index contributed by atoms with van der Waals surface area (Å²) < 4.78 is 5.19. The van der Waals surface area contributed by atoms with Crippen LogP contribution in [-0.4, -0.2) is 55.6 Å². The second-order valence-electron chi connectivity index (χ2n) is 6.74. The van der Waals surface area contributed by atoms with E-state index in [9.17, 15) is 4.79 Å². The monoisotopic (exact) mass is 316 g/mol. The fourth-order valence-corrected chi connectivity index (χ4v) is 4.07. The molecule has 3 rings (SSSR count). The molecule has 1 aromatic rings. The van der Waals surface area contributed by atoms with E-state index < -0.39 is 0 Å². The number of nitrogens with zero attached hydrogens (tertiary/aromatic N) is 2. The van der Waals surface area contributed by atoms with Gasteiger partial charge in [0.2, 0.25) is 0 Å². The average Bonchev–Trinajstić information content (AvgIpc) is 3.28. The molecule has 0 amide bonds. The summed E-state index contributed by atoms with van der Waals surface area (Å²) in [6.45, 7) is 5.17. The second-order valence-corrected chi connectivity index (χ2v) is 6.74. The van der Waals surface area contributed by atoms with Gasteiger partial charge in [-0.05, 0) is 57.4 Å². The summed E-state index contributed by atoms with van der Waals surface area (Å²) >= 11 is 0. The van der Waals surface area contributed by atoms with E-state index in [1.165, 1.54) is 38.4 Å². The predicted octanol–water partition coefficient (Wildman–Crippen LogP) is 2.71. The van der Waals surface area contributed by atoms with Gasteiger partial charge in [-0.1, -0.05) is 30.3 Å². The molecule has 1 aromatic carbocycles. The number of hydrogen-bond donors (Lipinski definition) is 0. The SMILES string of the molecule is COC(=O)[C@@H](CN1CCCC1)[C@@H](c1ccccc1)N1CCCC1. The fraction of sp³-hybridized carbons (Fsp3) is 0.632. The van der Waals surface area contributed by atoms with Crippen LogP contribution in [0.25, 0.3) is 0 Å². The molecule has 2 aliphatic rings. The molecule has 2 saturated heterocycles. The minimum Gasteiger partial charge on any atom is -0.469 e. The lowest BCUT2D eigenvalue weighted by atomic mass is 9.91. The molecule has 0 aromatic heterocycles. The van der Waals surface area contributed by atoms with E-state index in [1.54, 1.807) is 0 Å². The standard InChI is InChI=1S/C19H28N2O2/c1-23-19(22)17(15-20-11-5-6-12-20)18(21-13-7-8-14-21)16-9-3-2-4-10-16/h2-4,9-10,17-18H,5-8,11-15H2,1H3/t17-,18+/m0/s1. The van der Waals surface area contributed by atoms with Crippen molar-refractivity contribution in [1.29, 1.82) is 0 Å². The zero-order chi connectivity index (χ0) is 16.1. The number of carbonyl (C=O) groups is 1. The highest BCUT2D eigenvalue weighted by atomic mass is 16.5. The highest BCUT2D eigenvalue weighted by molar-refractivity contribution is 5.73. The van der Waals surface area contributed by atoms with Gasteiger partial charge in [0.25, 0.3) is 0 Å². The molecule has 0 spiro atoms. The predicted molar refractivity (Wildman–Crippen MR) is 91.2 cm³/mol. The molecule has 0 bridgehead atoms. The first-order chi connectivity index (χ1) is 11.3. The smallest absolute Gasteiger partial charge is 0.311 e. The minimum absolute atomic E-state index is 0.0716. The van der Waals surface area contributed by atoms with E-state index in [-0.39, 0.29) is 17.9 Å². The number of methoxy groups -OCH3 is 1. The zero-order valence-electron chi connectivity index (χ0n) is 14.1. The third kappa shape index (κ3) is 3.93. The third-order valence-electron chi connectivity index (χ3n) is 5.21. The van der Waals surface area contributed by atoms with Crippen LogP contribution in [0.2, 0.25) is 0 Å². The minimum atomic E-state index is -0.112. The second kappa shape index (κ2) is 7.93. The van der Waals surface area contributed by atoms with Crippen LogP contribution >= 0.6 is 0 Å². The molecule has 0 aliphatic carbocycles. The lowest BCUT2D eigenvalue weighted by molar-refractivity contribution is -0.148.